The monoisotopic (exact) mass is 277 g/mol. The van der Waals surface area contributed by atoms with E-state index in [1.165, 1.54) is 31.2 Å². The van der Waals surface area contributed by atoms with Crippen molar-refractivity contribution in [1.29, 1.82) is 0 Å². The molecule has 20 heavy (non-hydrogen) atoms. The highest BCUT2D eigenvalue weighted by Gasteiger charge is 2.17. The summed E-state index contributed by atoms with van der Waals surface area (Å²) < 4.78 is 11.2. The van der Waals surface area contributed by atoms with Crippen LogP contribution in [0, 0.1) is 12.8 Å². The maximum atomic E-state index is 5.81. The quantitative estimate of drug-likeness (QED) is 0.807. The molecule has 0 spiro atoms. The number of rotatable bonds is 6. The zero-order chi connectivity index (χ0) is 14.4. The Hall–Kier alpha value is -1.22. The van der Waals surface area contributed by atoms with Crippen LogP contribution in [0.3, 0.4) is 0 Å². The van der Waals surface area contributed by atoms with Gasteiger partial charge in [0.25, 0.3) is 0 Å². The first-order chi connectivity index (χ1) is 9.69. The summed E-state index contributed by atoms with van der Waals surface area (Å²) in [7, 11) is 1.68. The molecule has 1 aliphatic rings. The van der Waals surface area contributed by atoms with Gasteiger partial charge in [-0.2, -0.15) is 0 Å². The molecular formula is C17H27NO2. The average molecular weight is 277 g/mol. The van der Waals surface area contributed by atoms with Gasteiger partial charge in [-0.1, -0.05) is 25.8 Å². The molecule has 0 bridgehead atoms. The van der Waals surface area contributed by atoms with Crippen LogP contribution in [0.25, 0.3) is 0 Å². The number of nitrogens with one attached hydrogen (secondary N) is 1. The normalized spacial score (nSPS) is 22.6. The molecule has 1 aromatic rings. The molecule has 0 saturated heterocycles. The molecule has 2 rings (SSSR count). The third-order valence-electron chi connectivity index (χ3n) is 4.05. The first kappa shape index (κ1) is 15.2. The molecule has 3 nitrogen and oxygen atoms in total. The van der Waals surface area contributed by atoms with Crippen molar-refractivity contribution < 1.29 is 9.47 Å². The number of hydrogen-bond acceptors (Lipinski definition) is 3. The second-order valence-electron chi connectivity index (χ2n) is 5.93. The zero-order valence-electron chi connectivity index (χ0n) is 12.9. The van der Waals surface area contributed by atoms with Crippen molar-refractivity contribution in [2.75, 3.05) is 20.3 Å². The molecule has 0 heterocycles. The molecule has 112 valence electrons. The number of benzene rings is 1. The van der Waals surface area contributed by atoms with Gasteiger partial charge in [0.1, 0.15) is 6.61 Å². The standard InChI is InChI=1S/C17H27NO2/c1-13-5-4-6-15(11-13)18-9-10-20-16-8-7-14(2)12-17(16)19-3/h7-8,12-13,15,18H,4-6,9-11H2,1-3H3. The van der Waals surface area contributed by atoms with E-state index >= 15 is 0 Å². The SMILES string of the molecule is COc1cc(C)ccc1OCCNC1CCCC(C)C1. The van der Waals surface area contributed by atoms with E-state index in [1.54, 1.807) is 7.11 Å². The predicted octanol–water partition coefficient (Wildman–Crippen LogP) is 3.55. The van der Waals surface area contributed by atoms with E-state index in [4.69, 9.17) is 9.47 Å². The first-order valence-electron chi connectivity index (χ1n) is 7.70. The van der Waals surface area contributed by atoms with Crippen molar-refractivity contribution in [3.05, 3.63) is 23.8 Å². The van der Waals surface area contributed by atoms with E-state index in [0.29, 0.717) is 12.6 Å². The van der Waals surface area contributed by atoms with Crippen LogP contribution in [0.1, 0.15) is 38.2 Å². The van der Waals surface area contributed by atoms with Crippen molar-refractivity contribution in [2.45, 2.75) is 45.6 Å². The zero-order valence-corrected chi connectivity index (χ0v) is 12.9. The largest absolute Gasteiger partial charge is 0.493 e. The van der Waals surface area contributed by atoms with Gasteiger partial charge in [0.2, 0.25) is 0 Å². The van der Waals surface area contributed by atoms with Gasteiger partial charge in [-0.05, 0) is 43.4 Å². The van der Waals surface area contributed by atoms with Gasteiger partial charge in [-0.25, -0.2) is 0 Å². The molecule has 1 N–H and O–H groups in total. The summed E-state index contributed by atoms with van der Waals surface area (Å²) in [6.07, 6.45) is 5.34. The van der Waals surface area contributed by atoms with Crippen molar-refractivity contribution in [2.24, 2.45) is 5.92 Å². The maximum Gasteiger partial charge on any atom is 0.161 e. The van der Waals surface area contributed by atoms with Crippen molar-refractivity contribution in [3.8, 4) is 11.5 Å². The summed E-state index contributed by atoms with van der Waals surface area (Å²) >= 11 is 0. The smallest absolute Gasteiger partial charge is 0.161 e. The van der Waals surface area contributed by atoms with Crippen LogP contribution in [-0.4, -0.2) is 26.3 Å². The molecule has 1 saturated carbocycles. The fourth-order valence-corrected chi connectivity index (χ4v) is 2.94. The lowest BCUT2D eigenvalue weighted by Crippen LogP contribution is -2.36. The first-order valence-corrected chi connectivity index (χ1v) is 7.70. The third kappa shape index (κ3) is 4.41. The van der Waals surface area contributed by atoms with Crippen LogP contribution in [0.15, 0.2) is 18.2 Å². The van der Waals surface area contributed by atoms with E-state index in [-0.39, 0.29) is 0 Å². The Labute approximate surface area is 122 Å². The van der Waals surface area contributed by atoms with E-state index in [2.05, 4.69) is 19.2 Å². The minimum Gasteiger partial charge on any atom is -0.493 e. The molecule has 0 radical (unpaired) electrons. The molecule has 1 aromatic carbocycles. The highest BCUT2D eigenvalue weighted by Crippen LogP contribution is 2.27. The number of ether oxygens (including phenoxy) is 2. The average Bonchev–Trinajstić information content (AvgIpc) is 2.45. The van der Waals surface area contributed by atoms with Gasteiger partial charge in [0.15, 0.2) is 11.5 Å². The Morgan fingerprint density at radius 2 is 2.10 bits per heavy atom. The van der Waals surface area contributed by atoms with Gasteiger partial charge >= 0.3 is 0 Å². The Balaban J connectivity index is 1.73. The van der Waals surface area contributed by atoms with Crippen LogP contribution < -0.4 is 14.8 Å². The lowest BCUT2D eigenvalue weighted by molar-refractivity contribution is 0.259. The number of hydrogen-bond donors (Lipinski definition) is 1. The predicted molar refractivity (Wildman–Crippen MR) is 82.6 cm³/mol. The van der Waals surface area contributed by atoms with E-state index in [0.717, 1.165) is 24.0 Å². The lowest BCUT2D eigenvalue weighted by atomic mass is 9.87. The third-order valence-corrected chi connectivity index (χ3v) is 4.05. The molecule has 0 amide bonds. The molecule has 2 atom stereocenters. The molecule has 1 fully saturated rings. The van der Waals surface area contributed by atoms with Crippen LogP contribution >= 0.6 is 0 Å². The fourth-order valence-electron chi connectivity index (χ4n) is 2.94. The molecule has 1 aliphatic carbocycles. The van der Waals surface area contributed by atoms with Gasteiger partial charge in [-0.15, -0.1) is 0 Å². The Morgan fingerprint density at radius 1 is 1.25 bits per heavy atom. The number of aryl methyl sites for hydroxylation is 1. The summed E-state index contributed by atoms with van der Waals surface area (Å²) in [4.78, 5) is 0. The summed E-state index contributed by atoms with van der Waals surface area (Å²) in [6.45, 7) is 5.98. The Morgan fingerprint density at radius 3 is 2.85 bits per heavy atom. The van der Waals surface area contributed by atoms with E-state index < -0.39 is 0 Å². The van der Waals surface area contributed by atoms with Gasteiger partial charge in [0.05, 0.1) is 7.11 Å². The fraction of sp³-hybridized carbons (Fsp3) is 0.647. The molecule has 0 aromatic heterocycles. The summed E-state index contributed by atoms with van der Waals surface area (Å²) in [5, 5.41) is 3.61. The molecule has 0 aliphatic heterocycles. The van der Waals surface area contributed by atoms with Crippen molar-refractivity contribution in [3.63, 3.8) is 0 Å². The van der Waals surface area contributed by atoms with E-state index in [1.807, 2.05) is 18.2 Å². The highest BCUT2D eigenvalue weighted by atomic mass is 16.5. The summed E-state index contributed by atoms with van der Waals surface area (Å²) in [5.74, 6) is 2.51. The lowest BCUT2D eigenvalue weighted by Gasteiger charge is -2.27. The minimum atomic E-state index is 0.669. The van der Waals surface area contributed by atoms with Crippen molar-refractivity contribution >= 4 is 0 Å². The minimum absolute atomic E-state index is 0.669. The summed E-state index contributed by atoms with van der Waals surface area (Å²) in [6, 6.07) is 6.71. The van der Waals surface area contributed by atoms with Gasteiger partial charge in [0, 0.05) is 12.6 Å². The molecular weight excluding hydrogens is 250 g/mol. The second kappa shape index (κ2) is 7.53. The topological polar surface area (TPSA) is 30.5 Å². The van der Waals surface area contributed by atoms with Gasteiger partial charge in [-0.3, -0.25) is 0 Å². The van der Waals surface area contributed by atoms with Crippen LogP contribution in [0.5, 0.6) is 11.5 Å². The summed E-state index contributed by atoms with van der Waals surface area (Å²) in [5.41, 5.74) is 1.18. The van der Waals surface area contributed by atoms with E-state index in [9.17, 15) is 0 Å². The van der Waals surface area contributed by atoms with Crippen LogP contribution in [0.2, 0.25) is 0 Å². The van der Waals surface area contributed by atoms with Crippen molar-refractivity contribution in [1.82, 2.24) is 5.32 Å². The molecule has 2 unspecified atom stereocenters. The van der Waals surface area contributed by atoms with Crippen LogP contribution in [-0.2, 0) is 0 Å². The van der Waals surface area contributed by atoms with Gasteiger partial charge < -0.3 is 14.8 Å². The maximum absolute atomic E-state index is 5.81. The number of methoxy groups -OCH3 is 1. The Kier molecular flexibility index (Phi) is 5.72. The highest BCUT2D eigenvalue weighted by molar-refractivity contribution is 5.42. The Bertz CT molecular complexity index is 419. The second-order valence-corrected chi connectivity index (χ2v) is 5.93. The van der Waals surface area contributed by atoms with Crippen LogP contribution in [0.4, 0.5) is 0 Å². The molecule has 3 heteroatoms.